The van der Waals surface area contributed by atoms with E-state index in [0.29, 0.717) is 53.9 Å². The van der Waals surface area contributed by atoms with Gasteiger partial charge in [0.1, 0.15) is 28.9 Å². The van der Waals surface area contributed by atoms with E-state index in [9.17, 15) is 4.79 Å². The molecule has 6 rings (SSSR count). The van der Waals surface area contributed by atoms with Gasteiger partial charge in [0, 0.05) is 25.3 Å². The molecular formula is C34H37NO8. The van der Waals surface area contributed by atoms with Gasteiger partial charge in [-0.3, -0.25) is 14.9 Å². The molecular weight excluding hydrogens is 550 g/mol. The number of carbonyl (C=O) groups is 2. The number of ether oxygens (including phenoxy) is 6. The number of methoxy groups -OCH3 is 4. The number of fused-ring (bicyclic) bond motifs is 3. The molecule has 9 nitrogen and oxygen atoms in total. The van der Waals surface area contributed by atoms with Gasteiger partial charge in [0.15, 0.2) is 16.9 Å². The van der Waals surface area contributed by atoms with Crippen molar-refractivity contribution in [2.45, 2.75) is 29.9 Å². The van der Waals surface area contributed by atoms with Crippen LogP contribution in [-0.4, -0.2) is 60.0 Å². The number of esters is 1. The summed E-state index contributed by atoms with van der Waals surface area (Å²) in [4.78, 5) is 29.0. The van der Waals surface area contributed by atoms with E-state index < -0.39 is 28.9 Å². The summed E-state index contributed by atoms with van der Waals surface area (Å²) >= 11 is 0. The summed E-state index contributed by atoms with van der Waals surface area (Å²) in [6.45, 7) is 1.81. The third kappa shape index (κ3) is 4.36. The lowest BCUT2D eigenvalue weighted by Crippen LogP contribution is -2.60. The van der Waals surface area contributed by atoms with Crippen molar-refractivity contribution in [3.8, 4) is 23.0 Å². The molecule has 0 bridgehead atoms. The summed E-state index contributed by atoms with van der Waals surface area (Å²) in [7, 11) is 6.04. The van der Waals surface area contributed by atoms with Crippen LogP contribution in [0.4, 0.5) is 0 Å². The zero-order valence-electron chi connectivity index (χ0n) is 24.9. The molecule has 2 fully saturated rings. The number of benzene rings is 3. The van der Waals surface area contributed by atoms with Gasteiger partial charge in [0.2, 0.25) is 0 Å². The van der Waals surface area contributed by atoms with Crippen molar-refractivity contribution >= 4 is 11.8 Å². The third-order valence-electron chi connectivity index (χ3n) is 9.25. The predicted octanol–water partition coefficient (Wildman–Crippen LogP) is 4.37. The predicted molar refractivity (Wildman–Crippen MR) is 158 cm³/mol. The van der Waals surface area contributed by atoms with E-state index in [2.05, 4.69) is 5.32 Å². The van der Waals surface area contributed by atoms with E-state index in [-0.39, 0.29) is 11.7 Å². The number of rotatable bonds is 9. The van der Waals surface area contributed by atoms with E-state index in [0.717, 1.165) is 18.4 Å². The van der Waals surface area contributed by atoms with E-state index in [1.807, 2.05) is 54.6 Å². The lowest BCUT2D eigenvalue weighted by molar-refractivity contribution is -0.149. The number of hydrogen-bond acceptors (Lipinski definition) is 9. The summed E-state index contributed by atoms with van der Waals surface area (Å²) in [5, 5.41) is 3.73. The van der Waals surface area contributed by atoms with Crippen LogP contribution in [0.5, 0.6) is 23.0 Å². The molecule has 43 heavy (non-hydrogen) atoms. The maximum absolute atomic E-state index is 15.3. The normalized spacial score (nSPS) is 26.3. The lowest BCUT2D eigenvalue weighted by atomic mass is 9.68. The van der Waals surface area contributed by atoms with Gasteiger partial charge in [-0.2, -0.15) is 0 Å². The van der Waals surface area contributed by atoms with Gasteiger partial charge >= 0.3 is 5.97 Å². The number of nitrogens with one attached hydrogen (secondary N) is 1. The molecule has 0 spiro atoms. The van der Waals surface area contributed by atoms with Crippen LogP contribution >= 0.6 is 0 Å². The Bertz CT molecular complexity index is 1490. The van der Waals surface area contributed by atoms with Crippen LogP contribution < -0.4 is 24.3 Å². The Morgan fingerprint density at radius 3 is 2.23 bits per heavy atom. The summed E-state index contributed by atoms with van der Waals surface area (Å²) < 4.78 is 35.1. The molecule has 2 aliphatic heterocycles. The molecule has 3 aromatic rings. The van der Waals surface area contributed by atoms with E-state index in [1.54, 1.807) is 33.5 Å². The Labute approximate surface area is 251 Å². The second kappa shape index (κ2) is 11.5. The Morgan fingerprint density at radius 1 is 0.907 bits per heavy atom. The summed E-state index contributed by atoms with van der Waals surface area (Å²) in [6, 6.07) is 20.6. The summed E-state index contributed by atoms with van der Waals surface area (Å²) in [5.74, 6) is -0.577. The van der Waals surface area contributed by atoms with E-state index in [1.165, 1.54) is 7.11 Å². The van der Waals surface area contributed by atoms with Crippen molar-refractivity contribution in [1.29, 1.82) is 0 Å². The minimum absolute atomic E-state index is 0.255. The average molecular weight is 588 g/mol. The Hall–Kier alpha value is -4.08. The second-order valence-electron chi connectivity index (χ2n) is 11.2. The quantitative estimate of drug-likeness (QED) is 0.289. The first-order chi connectivity index (χ1) is 20.9. The van der Waals surface area contributed by atoms with Crippen molar-refractivity contribution in [3.63, 3.8) is 0 Å². The van der Waals surface area contributed by atoms with Crippen LogP contribution in [0.25, 0.3) is 0 Å². The fraction of sp³-hybridized carbons (Fsp3) is 0.412. The fourth-order valence-corrected chi connectivity index (χ4v) is 7.26. The average Bonchev–Trinajstić information content (AvgIpc) is 3.48. The van der Waals surface area contributed by atoms with Gasteiger partial charge in [-0.25, -0.2) is 0 Å². The number of hydrogen-bond donors (Lipinski definition) is 1. The molecule has 1 N–H and O–H groups in total. The maximum atomic E-state index is 15.3. The monoisotopic (exact) mass is 587 g/mol. The molecule has 1 saturated carbocycles. The highest BCUT2D eigenvalue weighted by molar-refractivity contribution is 6.10. The minimum Gasteiger partial charge on any atom is -0.497 e. The third-order valence-corrected chi connectivity index (χ3v) is 9.25. The number of Topliss-reactive ketones (excluding diaryl/α,β-unsaturated/α-hetero) is 1. The molecule has 0 radical (unpaired) electrons. The Kier molecular flexibility index (Phi) is 7.79. The second-order valence-corrected chi connectivity index (χ2v) is 11.2. The van der Waals surface area contributed by atoms with Crippen LogP contribution in [0.15, 0.2) is 66.7 Å². The number of ketones is 1. The fourth-order valence-electron chi connectivity index (χ4n) is 7.26. The smallest absolute Gasteiger partial charge is 0.317 e. The van der Waals surface area contributed by atoms with Gasteiger partial charge in [-0.1, -0.05) is 42.5 Å². The van der Waals surface area contributed by atoms with Crippen molar-refractivity contribution < 1.29 is 38.0 Å². The highest BCUT2D eigenvalue weighted by Gasteiger charge is 2.78. The topological polar surface area (TPSA) is 102 Å². The van der Waals surface area contributed by atoms with Gasteiger partial charge in [0.25, 0.3) is 0 Å². The van der Waals surface area contributed by atoms with Crippen molar-refractivity contribution in [1.82, 2.24) is 5.32 Å². The molecule has 1 aliphatic carbocycles. The molecule has 226 valence electrons. The first kappa shape index (κ1) is 29.0. The van der Waals surface area contributed by atoms with Gasteiger partial charge in [-0.05, 0) is 48.6 Å². The van der Waals surface area contributed by atoms with E-state index in [4.69, 9.17) is 28.4 Å². The standard InChI is InChI=1S/C34H37NO8/c1-38-24-12-10-23(11-13-24)34-29(22-8-6-5-7-9-22)28(32(37)41-4)31(36)33(34,35-20-21-14-16-42-17-15-21)30-26(40-3)18-25(39-2)19-27(30)43-34/h5-13,18-19,21,28-29,35H,14-17,20H2,1-4H3/t28-,29-,33+,34+/m1/s1. The molecule has 4 atom stereocenters. The zero-order valence-corrected chi connectivity index (χ0v) is 24.9. The largest absolute Gasteiger partial charge is 0.497 e. The molecule has 0 aromatic heterocycles. The van der Waals surface area contributed by atoms with Crippen molar-refractivity contribution in [2.24, 2.45) is 11.8 Å². The highest BCUT2D eigenvalue weighted by atomic mass is 16.5. The van der Waals surface area contributed by atoms with Crippen LogP contribution in [0.1, 0.15) is 35.4 Å². The maximum Gasteiger partial charge on any atom is 0.317 e. The Morgan fingerprint density at radius 2 is 1.60 bits per heavy atom. The first-order valence-electron chi connectivity index (χ1n) is 14.5. The molecule has 3 aliphatic rings. The minimum atomic E-state index is -1.52. The van der Waals surface area contributed by atoms with Gasteiger partial charge in [0.05, 0.1) is 39.9 Å². The van der Waals surface area contributed by atoms with Crippen LogP contribution in [0.3, 0.4) is 0 Å². The highest BCUT2D eigenvalue weighted by Crippen LogP contribution is 2.69. The molecule has 3 aromatic carbocycles. The molecule has 1 saturated heterocycles. The zero-order chi connectivity index (χ0) is 30.2. The van der Waals surface area contributed by atoms with Gasteiger partial charge < -0.3 is 28.4 Å². The molecule has 0 unspecified atom stereocenters. The van der Waals surface area contributed by atoms with Gasteiger partial charge in [-0.15, -0.1) is 0 Å². The molecule has 2 heterocycles. The summed E-state index contributed by atoms with van der Waals surface area (Å²) in [5.41, 5.74) is -0.916. The Balaban J connectivity index is 1.69. The van der Waals surface area contributed by atoms with Crippen molar-refractivity contribution in [2.75, 3.05) is 48.2 Å². The van der Waals surface area contributed by atoms with Crippen LogP contribution in [0, 0.1) is 11.8 Å². The summed E-state index contributed by atoms with van der Waals surface area (Å²) in [6.07, 6.45) is 1.70. The van der Waals surface area contributed by atoms with Crippen LogP contribution in [-0.2, 0) is 30.2 Å². The molecule has 0 amide bonds. The lowest BCUT2D eigenvalue weighted by Gasteiger charge is -2.43. The first-order valence-corrected chi connectivity index (χ1v) is 14.5. The van der Waals surface area contributed by atoms with Crippen LogP contribution in [0.2, 0.25) is 0 Å². The number of carbonyl (C=O) groups excluding carboxylic acids is 2. The molecule has 9 heteroatoms. The van der Waals surface area contributed by atoms with E-state index >= 15 is 4.79 Å². The van der Waals surface area contributed by atoms with Crippen molar-refractivity contribution in [3.05, 3.63) is 83.4 Å². The SMILES string of the molecule is COC(=O)[C@H]1C(=O)[C@@]2(NCC3CCOCC3)c3c(OC)cc(OC)cc3O[C@@]2(c2ccc(OC)cc2)[C@@H]1c1ccccc1.